The number of nitrogens with one attached hydrogen (secondary N) is 1. The van der Waals surface area contributed by atoms with Crippen molar-refractivity contribution in [3.05, 3.63) is 53.6 Å². The first-order valence-electron chi connectivity index (χ1n) is 6.41. The van der Waals surface area contributed by atoms with E-state index in [0.29, 0.717) is 5.56 Å². The fourth-order valence-corrected chi connectivity index (χ4v) is 2.17. The second-order valence-corrected chi connectivity index (χ2v) is 5.03. The van der Waals surface area contributed by atoms with E-state index in [1.54, 1.807) is 0 Å². The minimum absolute atomic E-state index is 0.0375. The first kappa shape index (κ1) is 16.9. The van der Waals surface area contributed by atoms with E-state index >= 15 is 0 Å². The van der Waals surface area contributed by atoms with Crippen molar-refractivity contribution in [2.75, 3.05) is 6.54 Å². The molecule has 2 rings (SSSR count). The molecule has 4 nitrogen and oxygen atoms in total. The molecule has 120 valence electrons. The largest absolute Gasteiger partial charge is 0.416 e. The standard InChI is InChI=1S/C15H11F3N2O2S/c1-2-7-20-13(22)11(12(21)19-14(20)23)8-9-3-5-10(6-4-9)15(16,17)18/h2-6,8H,1,7H2,(H,19,21,23)/b11-8+. The van der Waals surface area contributed by atoms with Crippen LogP contribution in [0.1, 0.15) is 11.1 Å². The third-order valence-corrected chi connectivity index (χ3v) is 3.37. The lowest BCUT2D eigenvalue weighted by Gasteiger charge is -2.27. The monoisotopic (exact) mass is 340 g/mol. The van der Waals surface area contributed by atoms with Crippen molar-refractivity contribution in [3.63, 3.8) is 0 Å². The Bertz CT molecular complexity index is 708. The van der Waals surface area contributed by atoms with Crippen LogP contribution in [0, 0.1) is 0 Å². The lowest BCUT2D eigenvalue weighted by Crippen LogP contribution is -2.53. The summed E-state index contributed by atoms with van der Waals surface area (Å²) in [6.07, 6.45) is -1.79. The quantitative estimate of drug-likeness (QED) is 0.398. The Morgan fingerprint density at radius 3 is 2.35 bits per heavy atom. The van der Waals surface area contributed by atoms with Crippen LogP contribution in [0.3, 0.4) is 0 Å². The number of carbonyl (C=O) groups is 2. The summed E-state index contributed by atoms with van der Waals surface area (Å²) in [5, 5.41) is 2.31. The van der Waals surface area contributed by atoms with Crippen LogP contribution in [0.25, 0.3) is 6.08 Å². The molecule has 1 fully saturated rings. The van der Waals surface area contributed by atoms with Gasteiger partial charge in [-0.05, 0) is 36.0 Å². The lowest BCUT2D eigenvalue weighted by atomic mass is 10.1. The van der Waals surface area contributed by atoms with Crippen LogP contribution >= 0.6 is 12.2 Å². The SMILES string of the molecule is C=CCN1C(=O)/C(=C/c2ccc(C(F)(F)F)cc2)C(=O)NC1=S. The highest BCUT2D eigenvalue weighted by atomic mass is 32.1. The summed E-state index contributed by atoms with van der Waals surface area (Å²) in [7, 11) is 0. The van der Waals surface area contributed by atoms with Crippen LogP contribution in [0.15, 0.2) is 42.5 Å². The number of hydrogen-bond donors (Lipinski definition) is 1. The molecule has 8 heteroatoms. The van der Waals surface area contributed by atoms with E-state index in [1.807, 2.05) is 0 Å². The van der Waals surface area contributed by atoms with E-state index in [4.69, 9.17) is 12.2 Å². The predicted octanol–water partition coefficient (Wildman–Crippen LogP) is 2.52. The van der Waals surface area contributed by atoms with Crippen molar-refractivity contribution in [1.82, 2.24) is 10.2 Å². The third-order valence-electron chi connectivity index (χ3n) is 3.05. The Morgan fingerprint density at radius 1 is 1.22 bits per heavy atom. The van der Waals surface area contributed by atoms with Crippen LogP contribution in [0.4, 0.5) is 13.2 Å². The van der Waals surface area contributed by atoms with Gasteiger partial charge in [0.1, 0.15) is 5.57 Å². The lowest BCUT2D eigenvalue weighted by molar-refractivity contribution is -0.137. The van der Waals surface area contributed by atoms with Crippen LogP contribution in [0.2, 0.25) is 0 Å². The molecule has 23 heavy (non-hydrogen) atoms. The molecular weight excluding hydrogens is 329 g/mol. The second kappa shape index (κ2) is 6.33. The zero-order chi connectivity index (χ0) is 17.2. The number of halogens is 3. The average Bonchev–Trinajstić information content (AvgIpc) is 2.47. The Kier molecular flexibility index (Phi) is 4.65. The number of rotatable bonds is 3. The Labute approximate surface area is 135 Å². The van der Waals surface area contributed by atoms with E-state index in [-0.39, 0.29) is 17.2 Å². The maximum absolute atomic E-state index is 12.5. The molecule has 0 aromatic heterocycles. The van der Waals surface area contributed by atoms with Gasteiger partial charge in [0.05, 0.1) is 5.56 Å². The van der Waals surface area contributed by atoms with Crippen LogP contribution in [-0.4, -0.2) is 28.4 Å². The molecule has 0 spiro atoms. The highest BCUT2D eigenvalue weighted by Crippen LogP contribution is 2.29. The van der Waals surface area contributed by atoms with E-state index in [1.165, 1.54) is 24.3 Å². The number of benzene rings is 1. The zero-order valence-corrected chi connectivity index (χ0v) is 12.5. The van der Waals surface area contributed by atoms with E-state index in [0.717, 1.165) is 17.0 Å². The molecule has 1 aliphatic heterocycles. The number of nitrogens with zero attached hydrogens (tertiary/aromatic N) is 1. The van der Waals surface area contributed by atoms with Gasteiger partial charge in [0.15, 0.2) is 5.11 Å². The van der Waals surface area contributed by atoms with Gasteiger partial charge in [-0.15, -0.1) is 6.58 Å². The summed E-state index contributed by atoms with van der Waals surface area (Å²) in [4.78, 5) is 25.3. The molecule has 0 aliphatic carbocycles. The molecule has 1 saturated heterocycles. The van der Waals surface area contributed by atoms with Crippen molar-refractivity contribution in [2.45, 2.75) is 6.18 Å². The van der Waals surface area contributed by atoms with Crippen molar-refractivity contribution in [2.24, 2.45) is 0 Å². The van der Waals surface area contributed by atoms with Crippen LogP contribution in [0.5, 0.6) is 0 Å². The Morgan fingerprint density at radius 2 is 1.83 bits per heavy atom. The van der Waals surface area contributed by atoms with Crippen molar-refractivity contribution in [3.8, 4) is 0 Å². The van der Waals surface area contributed by atoms with E-state index < -0.39 is 23.6 Å². The second-order valence-electron chi connectivity index (χ2n) is 4.64. The van der Waals surface area contributed by atoms with Crippen LogP contribution in [-0.2, 0) is 15.8 Å². The van der Waals surface area contributed by atoms with Gasteiger partial charge in [0.2, 0.25) is 0 Å². The molecule has 2 amide bonds. The number of alkyl halides is 3. The Balaban J connectivity index is 2.33. The molecule has 1 N–H and O–H groups in total. The summed E-state index contributed by atoms with van der Waals surface area (Å²) in [6, 6.07) is 4.12. The molecule has 1 aromatic rings. The number of amides is 2. The van der Waals surface area contributed by atoms with Gasteiger partial charge in [-0.2, -0.15) is 13.2 Å². The fourth-order valence-electron chi connectivity index (χ4n) is 1.92. The topological polar surface area (TPSA) is 49.4 Å². The first-order chi connectivity index (χ1) is 10.7. The molecule has 0 saturated carbocycles. The molecule has 1 aliphatic rings. The van der Waals surface area contributed by atoms with E-state index in [9.17, 15) is 22.8 Å². The highest BCUT2D eigenvalue weighted by molar-refractivity contribution is 7.80. The van der Waals surface area contributed by atoms with Gasteiger partial charge in [-0.1, -0.05) is 18.2 Å². The molecule has 0 radical (unpaired) electrons. The maximum atomic E-state index is 12.5. The van der Waals surface area contributed by atoms with Crippen molar-refractivity contribution in [1.29, 1.82) is 0 Å². The molecule has 0 unspecified atom stereocenters. The summed E-state index contributed by atoms with van der Waals surface area (Å²) >= 11 is 4.90. The van der Waals surface area contributed by atoms with Gasteiger partial charge in [0.25, 0.3) is 11.8 Å². The van der Waals surface area contributed by atoms with E-state index in [2.05, 4.69) is 11.9 Å². The maximum Gasteiger partial charge on any atom is 0.416 e. The van der Waals surface area contributed by atoms with Gasteiger partial charge in [-0.25, -0.2) is 0 Å². The fraction of sp³-hybridized carbons (Fsp3) is 0.133. The smallest absolute Gasteiger partial charge is 0.298 e. The van der Waals surface area contributed by atoms with Crippen molar-refractivity contribution < 1.29 is 22.8 Å². The van der Waals surface area contributed by atoms with Crippen molar-refractivity contribution >= 4 is 35.2 Å². The van der Waals surface area contributed by atoms with Gasteiger partial charge in [0, 0.05) is 6.54 Å². The molecular formula is C15H11F3N2O2S. The number of hydrogen-bond acceptors (Lipinski definition) is 3. The summed E-state index contributed by atoms with van der Waals surface area (Å²) in [5.74, 6) is -1.32. The summed E-state index contributed by atoms with van der Waals surface area (Å²) < 4.78 is 37.6. The van der Waals surface area contributed by atoms with Gasteiger partial charge < -0.3 is 0 Å². The third kappa shape index (κ3) is 3.65. The predicted molar refractivity (Wildman–Crippen MR) is 82.1 cm³/mol. The summed E-state index contributed by atoms with van der Waals surface area (Å²) in [5.41, 5.74) is -0.725. The molecule has 1 aromatic carbocycles. The number of thiocarbonyl (C=S) groups is 1. The Hall–Kier alpha value is -2.48. The minimum Gasteiger partial charge on any atom is -0.298 e. The summed E-state index contributed by atoms with van der Waals surface area (Å²) in [6.45, 7) is 3.61. The molecule has 0 atom stereocenters. The first-order valence-corrected chi connectivity index (χ1v) is 6.82. The molecule has 0 bridgehead atoms. The highest BCUT2D eigenvalue weighted by Gasteiger charge is 2.33. The van der Waals surface area contributed by atoms with Crippen LogP contribution < -0.4 is 5.32 Å². The van der Waals surface area contributed by atoms with Gasteiger partial charge >= 0.3 is 6.18 Å². The number of carbonyl (C=O) groups excluding carboxylic acids is 2. The normalized spacial score (nSPS) is 17.4. The average molecular weight is 340 g/mol. The van der Waals surface area contributed by atoms with Gasteiger partial charge in [-0.3, -0.25) is 19.8 Å². The zero-order valence-electron chi connectivity index (χ0n) is 11.7. The minimum atomic E-state index is -4.45. The molecule has 1 heterocycles.